The SMILES string of the molecule is CCOc1cccc(/C=N/NC(=O)C2CC(c3ccc(Cl)c(Cl)c3)NN2)c1O. The molecule has 0 aliphatic carbocycles. The second-order valence-corrected chi connectivity index (χ2v) is 6.98. The van der Waals surface area contributed by atoms with Gasteiger partial charge in [-0.3, -0.25) is 4.79 Å². The second-order valence-electron chi connectivity index (χ2n) is 6.16. The van der Waals surface area contributed by atoms with E-state index in [-0.39, 0.29) is 17.7 Å². The number of nitrogens with one attached hydrogen (secondary N) is 3. The summed E-state index contributed by atoms with van der Waals surface area (Å²) in [5.41, 5.74) is 9.86. The number of carbonyl (C=O) groups excluding carboxylic acids is 1. The van der Waals surface area contributed by atoms with Crippen molar-refractivity contribution >= 4 is 35.3 Å². The summed E-state index contributed by atoms with van der Waals surface area (Å²) in [6, 6.07) is 9.87. The molecule has 0 radical (unpaired) electrons. The topological polar surface area (TPSA) is 95.0 Å². The highest BCUT2D eigenvalue weighted by Crippen LogP contribution is 2.29. The van der Waals surface area contributed by atoms with E-state index < -0.39 is 6.04 Å². The highest BCUT2D eigenvalue weighted by molar-refractivity contribution is 6.42. The molecule has 0 saturated carbocycles. The molecule has 9 heteroatoms. The number of hydrazine groups is 1. The van der Waals surface area contributed by atoms with Gasteiger partial charge in [0.25, 0.3) is 5.91 Å². The number of phenolic OH excluding ortho intramolecular Hbond substituents is 1. The lowest BCUT2D eigenvalue weighted by molar-refractivity contribution is -0.122. The first kappa shape index (κ1) is 20.4. The minimum Gasteiger partial charge on any atom is -0.504 e. The Morgan fingerprint density at radius 1 is 1.32 bits per heavy atom. The fourth-order valence-electron chi connectivity index (χ4n) is 2.83. The summed E-state index contributed by atoms with van der Waals surface area (Å²) in [7, 11) is 0. The Morgan fingerprint density at radius 2 is 2.14 bits per heavy atom. The van der Waals surface area contributed by atoms with Crippen LogP contribution in [0.5, 0.6) is 11.5 Å². The predicted octanol–water partition coefficient (Wildman–Crippen LogP) is 3.16. The van der Waals surface area contributed by atoms with Crippen LogP contribution in [-0.4, -0.2) is 29.9 Å². The third-order valence-corrected chi connectivity index (χ3v) is 5.01. The van der Waals surface area contributed by atoms with E-state index in [0.29, 0.717) is 34.4 Å². The van der Waals surface area contributed by atoms with E-state index in [4.69, 9.17) is 27.9 Å². The highest BCUT2D eigenvalue weighted by Gasteiger charge is 2.30. The van der Waals surface area contributed by atoms with Gasteiger partial charge in [-0.1, -0.05) is 35.3 Å². The number of ether oxygens (including phenoxy) is 1. The third kappa shape index (κ3) is 4.74. The molecule has 1 amide bonds. The quantitative estimate of drug-likeness (QED) is 0.423. The molecule has 2 aromatic rings. The maximum atomic E-state index is 12.3. The number of nitrogens with zero attached hydrogens (tertiary/aromatic N) is 1. The lowest BCUT2D eigenvalue weighted by atomic mass is 10.0. The molecule has 0 spiro atoms. The van der Waals surface area contributed by atoms with Gasteiger partial charge in [-0.05, 0) is 43.2 Å². The molecule has 2 unspecified atom stereocenters. The smallest absolute Gasteiger partial charge is 0.258 e. The summed E-state index contributed by atoms with van der Waals surface area (Å²) in [4.78, 5) is 12.3. The van der Waals surface area contributed by atoms with E-state index in [9.17, 15) is 9.90 Å². The van der Waals surface area contributed by atoms with E-state index >= 15 is 0 Å². The maximum Gasteiger partial charge on any atom is 0.258 e. The van der Waals surface area contributed by atoms with E-state index in [1.165, 1.54) is 6.21 Å². The van der Waals surface area contributed by atoms with Crippen molar-refractivity contribution in [2.45, 2.75) is 25.4 Å². The van der Waals surface area contributed by atoms with Crippen LogP contribution >= 0.6 is 23.2 Å². The van der Waals surface area contributed by atoms with Crippen LogP contribution in [0.25, 0.3) is 0 Å². The Balaban J connectivity index is 1.58. The molecule has 1 aliphatic rings. The van der Waals surface area contributed by atoms with Gasteiger partial charge in [0, 0.05) is 11.6 Å². The maximum absolute atomic E-state index is 12.3. The average molecular weight is 423 g/mol. The van der Waals surface area contributed by atoms with Crippen molar-refractivity contribution in [2.75, 3.05) is 6.61 Å². The zero-order valence-electron chi connectivity index (χ0n) is 15.1. The van der Waals surface area contributed by atoms with Gasteiger partial charge in [0.05, 0.1) is 22.9 Å². The van der Waals surface area contributed by atoms with Gasteiger partial charge in [-0.25, -0.2) is 16.3 Å². The molecule has 0 aromatic heterocycles. The molecule has 1 aliphatic heterocycles. The molecular weight excluding hydrogens is 403 g/mol. The Bertz CT molecular complexity index is 891. The molecule has 1 fully saturated rings. The third-order valence-electron chi connectivity index (χ3n) is 4.27. The largest absolute Gasteiger partial charge is 0.504 e. The lowest BCUT2D eigenvalue weighted by Crippen LogP contribution is -2.41. The fourth-order valence-corrected chi connectivity index (χ4v) is 3.14. The Hall–Kier alpha value is -2.32. The van der Waals surface area contributed by atoms with Crippen molar-refractivity contribution < 1.29 is 14.6 Å². The van der Waals surface area contributed by atoms with Crippen LogP contribution in [0, 0.1) is 0 Å². The van der Waals surface area contributed by atoms with Crippen LogP contribution in [0.1, 0.15) is 30.5 Å². The van der Waals surface area contributed by atoms with E-state index in [0.717, 1.165) is 5.56 Å². The minimum absolute atomic E-state index is 0.0253. The molecule has 1 heterocycles. The van der Waals surface area contributed by atoms with Crippen LogP contribution in [0.4, 0.5) is 0 Å². The van der Waals surface area contributed by atoms with Gasteiger partial charge in [0.15, 0.2) is 11.5 Å². The zero-order chi connectivity index (χ0) is 20.1. The van der Waals surface area contributed by atoms with Gasteiger partial charge < -0.3 is 9.84 Å². The Kier molecular flexibility index (Phi) is 6.74. The molecular formula is C19H20Cl2N4O3. The molecule has 2 aromatic carbocycles. The van der Waals surface area contributed by atoms with E-state index in [1.54, 1.807) is 30.3 Å². The summed E-state index contributed by atoms with van der Waals surface area (Å²) >= 11 is 12.0. The average Bonchev–Trinajstić information content (AvgIpc) is 3.17. The van der Waals surface area contributed by atoms with Crippen LogP contribution in [0.15, 0.2) is 41.5 Å². The van der Waals surface area contributed by atoms with Crippen molar-refractivity contribution in [3.8, 4) is 11.5 Å². The number of halogens is 2. The first-order chi connectivity index (χ1) is 13.5. The van der Waals surface area contributed by atoms with Crippen molar-refractivity contribution in [2.24, 2.45) is 5.10 Å². The predicted molar refractivity (Wildman–Crippen MR) is 109 cm³/mol. The fraction of sp³-hybridized carbons (Fsp3) is 0.263. The van der Waals surface area contributed by atoms with Crippen molar-refractivity contribution in [1.29, 1.82) is 0 Å². The number of amides is 1. The number of hydrazone groups is 1. The zero-order valence-corrected chi connectivity index (χ0v) is 16.6. The first-order valence-corrected chi connectivity index (χ1v) is 9.49. The molecule has 2 atom stereocenters. The van der Waals surface area contributed by atoms with Crippen LogP contribution in [0.3, 0.4) is 0 Å². The molecule has 1 saturated heterocycles. The summed E-state index contributed by atoms with van der Waals surface area (Å²) in [6.45, 7) is 2.26. The van der Waals surface area contributed by atoms with Gasteiger partial charge in [0.1, 0.15) is 6.04 Å². The van der Waals surface area contributed by atoms with Crippen LogP contribution < -0.4 is 21.0 Å². The number of carbonyl (C=O) groups is 1. The van der Waals surface area contributed by atoms with Crippen molar-refractivity contribution in [3.63, 3.8) is 0 Å². The number of hydrogen-bond acceptors (Lipinski definition) is 6. The van der Waals surface area contributed by atoms with E-state index in [1.807, 2.05) is 13.0 Å². The number of rotatable bonds is 6. The normalized spacial score (nSPS) is 19.1. The molecule has 7 nitrogen and oxygen atoms in total. The summed E-state index contributed by atoms with van der Waals surface area (Å²) < 4.78 is 5.32. The molecule has 3 rings (SSSR count). The Morgan fingerprint density at radius 3 is 2.89 bits per heavy atom. The number of para-hydroxylation sites is 1. The van der Waals surface area contributed by atoms with Crippen molar-refractivity contribution in [3.05, 3.63) is 57.6 Å². The summed E-state index contributed by atoms with van der Waals surface area (Å²) in [5.74, 6) is 0.0401. The molecule has 4 N–H and O–H groups in total. The minimum atomic E-state index is -0.472. The second kappa shape index (κ2) is 9.25. The van der Waals surface area contributed by atoms with Crippen LogP contribution in [0.2, 0.25) is 10.0 Å². The lowest BCUT2D eigenvalue weighted by Gasteiger charge is -2.10. The molecule has 28 heavy (non-hydrogen) atoms. The number of hydrogen-bond donors (Lipinski definition) is 4. The van der Waals surface area contributed by atoms with Gasteiger partial charge in [-0.15, -0.1) is 0 Å². The van der Waals surface area contributed by atoms with Crippen molar-refractivity contribution in [1.82, 2.24) is 16.3 Å². The Labute approximate surface area is 172 Å². The standard InChI is InChI=1S/C19H20Cl2N4O3/c1-2-28-17-5-3-4-12(18(17)26)10-22-25-19(27)16-9-15(23-24-16)11-6-7-13(20)14(21)8-11/h3-8,10,15-16,23-24,26H,2,9H2,1H3,(H,25,27)/b22-10+. The highest BCUT2D eigenvalue weighted by atomic mass is 35.5. The van der Waals surface area contributed by atoms with Crippen LogP contribution in [-0.2, 0) is 4.79 Å². The summed E-state index contributed by atoms with van der Waals surface area (Å²) in [6.07, 6.45) is 1.89. The number of phenols is 1. The first-order valence-electron chi connectivity index (χ1n) is 8.73. The molecule has 0 bridgehead atoms. The number of aromatic hydroxyl groups is 1. The number of benzene rings is 2. The van der Waals surface area contributed by atoms with E-state index in [2.05, 4.69) is 21.4 Å². The molecule has 148 valence electrons. The van der Waals surface area contributed by atoms with Gasteiger partial charge >= 0.3 is 0 Å². The van der Waals surface area contributed by atoms with Gasteiger partial charge in [-0.2, -0.15) is 5.10 Å². The summed E-state index contributed by atoms with van der Waals surface area (Å²) in [5, 5.41) is 15.0. The van der Waals surface area contributed by atoms with Gasteiger partial charge in [0.2, 0.25) is 0 Å². The monoisotopic (exact) mass is 422 g/mol.